The third-order valence-electron chi connectivity index (χ3n) is 4.44. The van der Waals surface area contributed by atoms with Gasteiger partial charge in [-0.2, -0.15) is 0 Å². The van der Waals surface area contributed by atoms with Crippen LogP contribution in [0.1, 0.15) is 6.42 Å². The molecule has 3 aromatic rings. The molecule has 2 amide bonds. The van der Waals surface area contributed by atoms with Crippen LogP contribution in [0.15, 0.2) is 60.0 Å². The molecule has 4 rings (SSSR count). The average molecular weight is 381 g/mol. The first-order valence-corrected chi connectivity index (χ1v) is 9.36. The molecule has 0 bridgehead atoms. The van der Waals surface area contributed by atoms with Gasteiger partial charge in [-0.05, 0) is 24.3 Å². The van der Waals surface area contributed by atoms with E-state index in [1.165, 1.54) is 28.4 Å². The monoisotopic (exact) mass is 381 g/mol. The van der Waals surface area contributed by atoms with Crippen LogP contribution in [-0.2, 0) is 9.59 Å². The summed E-state index contributed by atoms with van der Waals surface area (Å²) in [6.07, 6.45) is 0.125. The van der Waals surface area contributed by atoms with Gasteiger partial charge in [-0.15, -0.1) is 11.3 Å². The van der Waals surface area contributed by atoms with E-state index in [4.69, 9.17) is 0 Å². The molecule has 0 saturated carbocycles. The molecule has 0 radical (unpaired) electrons. The minimum absolute atomic E-state index is 0.125. The van der Waals surface area contributed by atoms with Crippen LogP contribution in [0.5, 0.6) is 0 Å². The fourth-order valence-electron chi connectivity index (χ4n) is 3.03. The second-order valence-corrected chi connectivity index (χ2v) is 7.13. The number of benzene rings is 2. The maximum Gasteiger partial charge on any atom is 0.231 e. The van der Waals surface area contributed by atoms with Crippen LogP contribution in [0.4, 0.5) is 15.2 Å². The van der Waals surface area contributed by atoms with E-state index in [-0.39, 0.29) is 30.6 Å². The third-order valence-corrected chi connectivity index (χ3v) is 5.20. The molecule has 1 aromatic heterocycles. The van der Waals surface area contributed by atoms with Crippen molar-refractivity contribution in [3.63, 3.8) is 0 Å². The van der Waals surface area contributed by atoms with Gasteiger partial charge in [0, 0.05) is 29.6 Å². The lowest BCUT2D eigenvalue weighted by atomic mass is 10.1. The van der Waals surface area contributed by atoms with Crippen LogP contribution >= 0.6 is 11.3 Å². The van der Waals surface area contributed by atoms with Gasteiger partial charge in [0.05, 0.1) is 11.6 Å². The number of amides is 2. The molecule has 1 saturated heterocycles. The second kappa shape index (κ2) is 7.28. The quantitative estimate of drug-likeness (QED) is 0.745. The van der Waals surface area contributed by atoms with Crippen molar-refractivity contribution in [3.8, 4) is 11.3 Å². The number of carbonyl (C=O) groups excluding carboxylic acids is 2. The van der Waals surface area contributed by atoms with Gasteiger partial charge in [0.2, 0.25) is 11.8 Å². The van der Waals surface area contributed by atoms with Crippen LogP contribution in [-0.4, -0.2) is 23.3 Å². The standard InChI is InChI=1S/C20H16FN3O2S/c21-15-6-8-16(9-7-15)24-11-14(10-18(24)25)19(26)23-20-22-17(12-27-20)13-4-2-1-3-5-13/h1-9,12,14H,10-11H2,(H,22,23,26)/t14-/m1/s1. The van der Waals surface area contributed by atoms with Crippen molar-refractivity contribution in [1.82, 2.24) is 4.98 Å². The van der Waals surface area contributed by atoms with Gasteiger partial charge in [-0.1, -0.05) is 30.3 Å². The fraction of sp³-hybridized carbons (Fsp3) is 0.150. The van der Waals surface area contributed by atoms with Gasteiger partial charge in [0.15, 0.2) is 5.13 Å². The number of aromatic nitrogens is 1. The van der Waals surface area contributed by atoms with Crippen molar-refractivity contribution in [3.05, 3.63) is 65.8 Å². The summed E-state index contributed by atoms with van der Waals surface area (Å²) in [5.41, 5.74) is 2.37. The van der Waals surface area contributed by atoms with Crippen molar-refractivity contribution in [1.29, 1.82) is 0 Å². The summed E-state index contributed by atoms with van der Waals surface area (Å²) in [7, 11) is 0. The summed E-state index contributed by atoms with van der Waals surface area (Å²) >= 11 is 1.35. The van der Waals surface area contributed by atoms with Gasteiger partial charge in [0.25, 0.3) is 0 Å². The van der Waals surface area contributed by atoms with E-state index in [1.54, 1.807) is 12.1 Å². The Morgan fingerprint density at radius 2 is 1.89 bits per heavy atom. The Kier molecular flexibility index (Phi) is 4.68. The topological polar surface area (TPSA) is 62.3 Å². The van der Waals surface area contributed by atoms with Crippen LogP contribution < -0.4 is 10.2 Å². The molecule has 27 heavy (non-hydrogen) atoms. The molecule has 1 atom stereocenters. The number of rotatable bonds is 4. The molecule has 1 aliphatic rings. The number of carbonyl (C=O) groups is 2. The van der Waals surface area contributed by atoms with Gasteiger partial charge in [-0.25, -0.2) is 9.37 Å². The van der Waals surface area contributed by atoms with Crippen LogP contribution in [0.2, 0.25) is 0 Å². The van der Waals surface area contributed by atoms with E-state index in [1.807, 2.05) is 35.7 Å². The fourth-order valence-corrected chi connectivity index (χ4v) is 3.76. The number of anilines is 2. The molecule has 0 aliphatic carbocycles. The first kappa shape index (κ1) is 17.4. The highest BCUT2D eigenvalue weighted by Crippen LogP contribution is 2.28. The maximum atomic E-state index is 13.1. The SMILES string of the molecule is O=C(Nc1nc(-c2ccccc2)cs1)[C@@H]1CC(=O)N(c2ccc(F)cc2)C1. The summed E-state index contributed by atoms with van der Waals surface area (Å²) in [4.78, 5) is 30.8. The molecule has 1 N–H and O–H groups in total. The van der Waals surface area contributed by atoms with Crippen molar-refractivity contribution < 1.29 is 14.0 Å². The Bertz CT molecular complexity index is 972. The van der Waals surface area contributed by atoms with E-state index >= 15 is 0 Å². The molecule has 136 valence electrons. The lowest BCUT2D eigenvalue weighted by Gasteiger charge is -2.16. The van der Waals surface area contributed by atoms with Crippen LogP contribution in [0, 0.1) is 11.7 Å². The van der Waals surface area contributed by atoms with Gasteiger partial charge >= 0.3 is 0 Å². The Morgan fingerprint density at radius 3 is 2.63 bits per heavy atom. The van der Waals surface area contributed by atoms with E-state index < -0.39 is 5.92 Å². The first-order valence-electron chi connectivity index (χ1n) is 8.48. The first-order chi connectivity index (χ1) is 13.1. The van der Waals surface area contributed by atoms with Crippen molar-refractivity contribution in [2.24, 2.45) is 5.92 Å². The molecule has 2 aromatic carbocycles. The van der Waals surface area contributed by atoms with Gasteiger partial charge in [0.1, 0.15) is 5.82 Å². The summed E-state index contributed by atoms with van der Waals surface area (Å²) in [5.74, 6) is -1.21. The second-order valence-electron chi connectivity index (χ2n) is 6.27. The Morgan fingerprint density at radius 1 is 1.15 bits per heavy atom. The van der Waals surface area contributed by atoms with Gasteiger partial charge in [-0.3, -0.25) is 9.59 Å². The average Bonchev–Trinajstić information content (AvgIpc) is 3.30. The minimum atomic E-state index is -0.466. The number of nitrogens with one attached hydrogen (secondary N) is 1. The molecule has 2 heterocycles. The zero-order valence-corrected chi connectivity index (χ0v) is 15.1. The molecule has 5 nitrogen and oxygen atoms in total. The van der Waals surface area contributed by atoms with E-state index in [2.05, 4.69) is 10.3 Å². The predicted molar refractivity (Wildman–Crippen MR) is 103 cm³/mol. The normalized spacial score (nSPS) is 16.6. The molecular weight excluding hydrogens is 365 g/mol. The van der Waals surface area contributed by atoms with E-state index in [9.17, 15) is 14.0 Å². The predicted octanol–water partition coefficient (Wildman–Crippen LogP) is 3.94. The highest BCUT2D eigenvalue weighted by atomic mass is 32.1. The molecule has 1 fully saturated rings. The van der Waals surface area contributed by atoms with Gasteiger partial charge < -0.3 is 10.2 Å². The van der Waals surface area contributed by atoms with E-state index in [0.717, 1.165) is 11.3 Å². The highest BCUT2D eigenvalue weighted by Gasteiger charge is 2.35. The molecule has 0 unspecified atom stereocenters. The summed E-state index contributed by atoms with van der Waals surface area (Å²) in [6.45, 7) is 0.271. The number of halogens is 1. The molecular formula is C20H16FN3O2S. The van der Waals surface area contributed by atoms with Crippen LogP contribution in [0.25, 0.3) is 11.3 Å². The Balaban J connectivity index is 1.43. The smallest absolute Gasteiger partial charge is 0.231 e. The third kappa shape index (κ3) is 3.73. The minimum Gasteiger partial charge on any atom is -0.312 e. The zero-order valence-electron chi connectivity index (χ0n) is 14.3. The van der Waals surface area contributed by atoms with Crippen LogP contribution in [0.3, 0.4) is 0 Å². The number of hydrogen-bond donors (Lipinski definition) is 1. The lowest BCUT2D eigenvalue weighted by Crippen LogP contribution is -2.28. The molecule has 1 aliphatic heterocycles. The maximum absolute atomic E-state index is 13.1. The molecule has 0 spiro atoms. The lowest BCUT2D eigenvalue weighted by molar-refractivity contribution is -0.122. The van der Waals surface area contributed by atoms with E-state index in [0.29, 0.717) is 10.8 Å². The van der Waals surface area contributed by atoms with Crippen molar-refractivity contribution in [2.75, 3.05) is 16.8 Å². The number of hydrogen-bond acceptors (Lipinski definition) is 4. The summed E-state index contributed by atoms with van der Waals surface area (Å²) < 4.78 is 13.1. The molecule has 7 heteroatoms. The van der Waals surface area contributed by atoms with Crippen molar-refractivity contribution >= 4 is 34.0 Å². The largest absolute Gasteiger partial charge is 0.312 e. The highest BCUT2D eigenvalue weighted by molar-refractivity contribution is 7.14. The number of nitrogens with zero attached hydrogens (tertiary/aromatic N) is 2. The summed E-state index contributed by atoms with van der Waals surface area (Å²) in [5, 5.41) is 5.20. The zero-order chi connectivity index (χ0) is 18.8. The summed E-state index contributed by atoms with van der Waals surface area (Å²) in [6, 6.07) is 15.4. The van der Waals surface area contributed by atoms with Crippen molar-refractivity contribution in [2.45, 2.75) is 6.42 Å². The number of thiazole rings is 1. The Labute approximate surface area is 159 Å². The Hall–Kier alpha value is -3.06.